The van der Waals surface area contributed by atoms with Gasteiger partial charge in [-0.2, -0.15) is 0 Å². The van der Waals surface area contributed by atoms with Crippen LogP contribution in [0.2, 0.25) is 0 Å². The first-order valence-electron chi connectivity index (χ1n) is 20.7. The number of ether oxygens (including phenoxy) is 7. The lowest BCUT2D eigenvalue weighted by Crippen LogP contribution is -2.83. The Balaban J connectivity index is 1.51. The maximum atomic E-state index is 14.4. The lowest BCUT2D eigenvalue weighted by Gasteiger charge is -2.71. The maximum Gasteiger partial charge on any atom is 0.407 e. The predicted octanol–water partition coefficient (Wildman–Crippen LogP) is 5.57. The molecule has 3 unspecified atom stereocenters. The first-order chi connectivity index (χ1) is 27.4. The fourth-order valence-electron chi connectivity index (χ4n) is 11.0. The topological polar surface area (TPSA) is 185 Å². The third-order valence-corrected chi connectivity index (χ3v) is 13.5. The molecule has 14 nitrogen and oxygen atoms in total. The van der Waals surface area contributed by atoms with Gasteiger partial charge in [-0.25, -0.2) is 14.4 Å². The number of rotatable bonds is 10. The summed E-state index contributed by atoms with van der Waals surface area (Å²) in [6, 6.07) is 7.32. The molecule has 2 saturated heterocycles. The van der Waals surface area contributed by atoms with Crippen molar-refractivity contribution in [2.24, 2.45) is 28.6 Å². The minimum Gasteiger partial charge on any atom is -0.456 e. The summed E-state index contributed by atoms with van der Waals surface area (Å²) in [4.78, 5) is 54.5. The number of amides is 1. The number of aliphatic hydroxyl groups excluding tert-OH is 1. The molecule has 0 aromatic heterocycles. The summed E-state index contributed by atoms with van der Waals surface area (Å²) in [6.45, 7) is 23.6. The second-order valence-electron chi connectivity index (χ2n) is 19.3. The summed E-state index contributed by atoms with van der Waals surface area (Å²) < 4.78 is 44.1. The van der Waals surface area contributed by atoms with E-state index in [4.69, 9.17) is 33.2 Å². The molecule has 326 valence electrons. The van der Waals surface area contributed by atoms with E-state index in [0.29, 0.717) is 17.6 Å². The third kappa shape index (κ3) is 7.73. The van der Waals surface area contributed by atoms with E-state index in [9.17, 15) is 29.4 Å². The highest BCUT2D eigenvalue weighted by Crippen LogP contribution is 2.68. The molecule has 3 N–H and O–H groups in total. The van der Waals surface area contributed by atoms with Crippen molar-refractivity contribution in [3.05, 3.63) is 59.7 Å². The number of carbonyl (C=O) groups is 4. The Hall–Kier alpha value is -3.82. The molecule has 2 heterocycles. The van der Waals surface area contributed by atoms with Crippen LogP contribution in [-0.2, 0) is 42.7 Å². The number of benzene rings is 1. The fraction of sp³-hybridized carbons (Fsp3) is 0.689. The van der Waals surface area contributed by atoms with Gasteiger partial charge in [-0.15, -0.1) is 0 Å². The predicted molar refractivity (Wildman–Crippen MR) is 214 cm³/mol. The highest BCUT2D eigenvalue weighted by Gasteiger charge is 2.79. The maximum absolute atomic E-state index is 14.4. The Morgan fingerprint density at radius 2 is 1.71 bits per heavy atom. The molecule has 2 saturated carbocycles. The molecule has 6 rings (SSSR count). The Morgan fingerprint density at radius 3 is 2.27 bits per heavy atom. The molecule has 1 aromatic carbocycles. The van der Waals surface area contributed by atoms with Gasteiger partial charge < -0.3 is 48.7 Å². The zero-order chi connectivity index (χ0) is 43.6. The van der Waals surface area contributed by atoms with Crippen molar-refractivity contribution in [1.82, 2.24) is 5.32 Å². The average molecular weight is 826 g/mol. The fourth-order valence-corrected chi connectivity index (χ4v) is 11.0. The first kappa shape index (κ1) is 44.7. The average Bonchev–Trinajstić information content (AvgIpc) is 3.12. The summed E-state index contributed by atoms with van der Waals surface area (Å²) in [6.07, 6.45) is -6.18. The van der Waals surface area contributed by atoms with Crippen LogP contribution in [0.4, 0.5) is 4.79 Å². The molecule has 14 heteroatoms. The SMILES string of the molecule is C=C[C@H]1O[C@H]2C[C@H]3OC[C@@]3(OC(C)=O)C3[C@H](OC(=O)c4ccccc4)[C@]4(O)C[C@H](OC(=O)C(O)[C@H](CC(C)C)NC(=O)OC(C)(C)C)C(C)=C(C(C)[C@H](O1)[C@@]32C)C4(C)C. The van der Waals surface area contributed by atoms with Crippen molar-refractivity contribution >= 4 is 24.0 Å². The van der Waals surface area contributed by atoms with Crippen molar-refractivity contribution in [2.75, 3.05) is 6.61 Å². The van der Waals surface area contributed by atoms with Crippen LogP contribution in [0.25, 0.3) is 0 Å². The monoisotopic (exact) mass is 825 g/mol. The van der Waals surface area contributed by atoms with Crippen LogP contribution in [0, 0.1) is 28.6 Å². The summed E-state index contributed by atoms with van der Waals surface area (Å²) in [7, 11) is 0. The van der Waals surface area contributed by atoms with E-state index in [-0.39, 0.29) is 30.9 Å². The van der Waals surface area contributed by atoms with E-state index in [2.05, 4.69) is 11.9 Å². The second kappa shape index (κ2) is 15.9. The van der Waals surface area contributed by atoms with Gasteiger partial charge in [-0.3, -0.25) is 4.79 Å². The standard InChI is InChI=1S/C45H63NO13/c1-13-32-55-30-20-31-44(22-53-31,58-26(6)47)35-37(57-38(49)27-17-15-14-16-18-27)45(52)21-29(24(4)33(42(45,10)11)25(5)36(56-32)43(30,35)12)54-39(50)34(48)28(19-23(2)3)46-40(51)59-41(7,8)9/h13-18,23,25,28-32,34-37,48,52H,1,19-22H2,2-12H3,(H,46,51)/t25?,28-,29-,30-,31+,32-,34?,35?,36-,37-,43+,44-,45+/m0/s1. The molecular weight excluding hydrogens is 762 g/mol. The normalized spacial score (nSPS) is 36.8. The molecule has 2 bridgehead atoms. The highest BCUT2D eigenvalue weighted by molar-refractivity contribution is 5.89. The molecule has 0 radical (unpaired) electrons. The van der Waals surface area contributed by atoms with Crippen LogP contribution >= 0.6 is 0 Å². The number of fused-ring (bicyclic) bond motifs is 4. The number of alkyl carbamates (subject to hydrolysis) is 1. The summed E-state index contributed by atoms with van der Waals surface area (Å²) in [5, 5.41) is 28.0. The second-order valence-corrected chi connectivity index (χ2v) is 19.3. The Bertz CT molecular complexity index is 1840. The van der Waals surface area contributed by atoms with Gasteiger partial charge >= 0.3 is 24.0 Å². The minimum atomic E-state index is -2.02. The molecule has 2 aliphatic heterocycles. The largest absolute Gasteiger partial charge is 0.456 e. The van der Waals surface area contributed by atoms with Gasteiger partial charge in [0.2, 0.25) is 0 Å². The van der Waals surface area contributed by atoms with Crippen LogP contribution < -0.4 is 5.32 Å². The molecule has 59 heavy (non-hydrogen) atoms. The van der Waals surface area contributed by atoms with Crippen LogP contribution in [0.1, 0.15) is 106 Å². The van der Waals surface area contributed by atoms with Gasteiger partial charge in [0, 0.05) is 36.5 Å². The number of hydrogen-bond acceptors (Lipinski definition) is 13. The first-order valence-corrected chi connectivity index (χ1v) is 20.7. The zero-order valence-corrected chi connectivity index (χ0v) is 36.2. The molecule has 4 fully saturated rings. The van der Waals surface area contributed by atoms with Crippen molar-refractivity contribution in [3.63, 3.8) is 0 Å². The molecule has 13 atom stereocenters. The van der Waals surface area contributed by atoms with Crippen LogP contribution in [-0.4, -0.2) is 107 Å². The molecule has 1 amide bonds. The highest BCUT2D eigenvalue weighted by atomic mass is 16.7. The van der Waals surface area contributed by atoms with Crippen molar-refractivity contribution < 1.29 is 62.5 Å². The van der Waals surface area contributed by atoms with E-state index in [1.54, 1.807) is 57.2 Å². The molecule has 5 aliphatic rings. The Labute approximate surface area is 347 Å². The van der Waals surface area contributed by atoms with E-state index >= 15 is 0 Å². The number of carbonyl (C=O) groups excluding carboxylic acids is 4. The molecule has 3 aliphatic carbocycles. The Morgan fingerprint density at radius 1 is 1.05 bits per heavy atom. The van der Waals surface area contributed by atoms with Crippen molar-refractivity contribution in [3.8, 4) is 0 Å². The van der Waals surface area contributed by atoms with Gasteiger partial charge in [0.1, 0.15) is 29.5 Å². The smallest absolute Gasteiger partial charge is 0.407 e. The summed E-state index contributed by atoms with van der Waals surface area (Å²) >= 11 is 0. The number of aliphatic hydroxyl groups is 2. The minimum absolute atomic E-state index is 0.0405. The van der Waals surface area contributed by atoms with Gasteiger partial charge in [-0.1, -0.05) is 71.9 Å². The van der Waals surface area contributed by atoms with E-state index < -0.39 is 112 Å². The zero-order valence-electron chi connectivity index (χ0n) is 36.2. The van der Waals surface area contributed by atoms with E-state index in [1.807, 2.05) is 48.5 Å². The van der Waals surface area contributed by atoms with E-state index in [1.165, 1.54) is 6.92 Å². The van der Waals surface area contributed by atoms with Crippen LogP contribution in [0.15, 0.2) is 54.1 Å². The quantitative estimate of drug-likeness (QED) is 0.151. The van der Waals surface area contributed by atoms with Crippen LogP contribution in [0.3, 0.4) is 0 Å². The summed E-state index contributed by atoms with van der Waals surface area (Å²) in [5.41, 5.74) is -4.96. The number of esters is 3. The van der Waals surface area contributed by atoms with Gasteiger partial charge in [0.15, 0.2) is 18.0 Å². The summed E-state index contributed by atoms with van der Waals surface area (Å²) in [5.74, 6) is -3.85. The van der Waals surface area contributed by atoms with Crippen molar-refractivity contribution in [2.45, 2.75) is 161 Å². The lowest BCUT2D eigenvalue weighted by molar-refractivity contribution is -0.403. The third-order valence-electron chi connectivity index (χ3n) is 13.5. The van der Waals surface area contributed by atoms with Gasteiger partial charge in [-0.05, 0) is 63.8 Å². The molecule has 1 aromatic rings. The lowest BCUT2D eigenvalue weighted by atomic mass is 9.43. The van der Waals surface area contributed by atoms with Gasteiger partial charge in [0.05, 0.1) is 36.3 Å². The molecular formula is C45H63NO13. The van der Waals surface area contributed by atoms with Crippen LogP contribution in [0.5, 0.6) is 0 Å². The van der Waals surface area contributed by atoms with E-state index in [0.717, 1.165) is 0 Å². The van der Waals surface area contributed by atoms with Crippen molar-refractivity contribution in [1.29, 1.82) is 0 Å². The molecule has 0 spiro atoms. The number of hydrogen-bond donors (Lipinski definition) is 3. The Kier molecular flexibility index (Phi) is 12.1. The van der Waals surface area contributed by atoms with Gasteiger partial charge in [0.25, 0.3) is 0 Å². The number of nitrogens with one attached hydrogen (secondary N) is 1.